The number of para-hydroxylation sites is 3. The van der Waals surface area contributed by atoms with Crippen LogP contribution in [0.2, 0.25) is 0 Å². The minimum absolute atomic E-state index is 0.408. The van der Waals surface area contributed by atoms with Crippen molar-refractivity contribution in [3.8, 4) is 6.07 Å². The summed E-state index contributed by atoms with van der Waals surface area (Å²) >= 11 is 0. The first-order valence-corrected chi connectivity index (χ1v) is 11.3. The molecule has 0 saturated carbocycles. The molecule has 0 spiro atoms. The minimum Gasteiger partial charge on any atom is -0.465 e. The number of nitriles is 1. The Morgan fingerprint density at radius 1 is 1.03 bits per heavy atom. The number of rotatable bonds is 5. The Bertz CT molecular complexity index is 1610. The van der Waals surface area contributed by atoms with Gasteiger partial charge in [0, 0.05) is 19.0 Å². The largest absolute Gasteiger partial charge is 0.465 e. The summed E-state index contributed by atoms with van der Waals surface area (Å²) in [6.45, 7) is 1.97. The molecule has 0 aliphatic rings. The van der Waals surface area contributed by atoms with Crippen molar-refractivity contribution in [2.24, 2.45) is 0 Å². The molecule has 0 N–H and O–H groups in total. The van der Waals surface area contributed by atoms with Gasteiger partial charge in [-0.25, -0.2) is 9.78 Å². The third kappa shape index (κ3) is 3.68. The highest BCUT2D eigenvalue weighted by Gasteiger charge is 2.25. The summed E-state index contributed by atoms with van der Waals surface area (Å²) in [6, 6.07) is 27.8. The van der Waals surface area contributed by atoms with Gasteiger partial charge in [0.25, 0.3) is 0 Å². The summed E-state index contributed by atoms with van der Waals surface area (Å²) in [7, 11) is 3.32. The molecular formula is C29H24N4O2. The van der Waals surface area contributed by atoms with Crippen molar-refractivity contribution in [3.63, 3.8) is 0 Å². The zero-order valence-corrected chi connectivity index (χ0v) is 19.8. The van der Waals surface area contributed by atoms with Crippen molar-refractivity contribution in [2.45, 2.75) is 13.3 Å². The Kier molecular flexibility index (Phi) is 5.68. The van der Waals surface area contributed by atoms with E-state index in [9.17, 15) is 10.1 Å². The Hall–Kier alpha value is -4.63. The number of hydrogen-bond acceptors (Lipinski definition) is 5. The fourth-order valence-corrected chi connectivity index (χ4v) is 4.69. The van der Waals surface area contributed by atoms with E-state index in [0.29, 0.717) is 28.9 Å². The van der Waals surface area contributed by atoms with E-state index in [1.807, 2.05) is 83.9 Å². The normalized spacial score (nSPS) is 10.9. The van der Waals surface area contributed by atoms with E-state index in [0.717, 1.165) is 33.5 Å². The maximum atomic E-state index is 12.6. The van der Waals surface area contributed by atoms with Crippen LogP contribution in [0.3, 0.4) is 0 Å². The highest BCUT2D eigenvalue weighted by atomic mass is 16.5. The number of benzene rings is 3. The molecule has 0 bridgehead atoms. The van der Waals surface area contributed by atoms with Crippen molar-refractivity contribution in [1.82, 2.24) is 9.38 Å². The summed E-state index contributed by atoms with van der Waals surface area (Å²) in [5.41, 5.74) is 6.99. The van der Waals surface area contributed by atoms with Crippen LogP contribution in [0.4, 0.5) is 11.5 Å². The number of fused-ring (bicyclic) bond motifs is 3. The molecule has 0 aliphatic heterocycles. The van der Waals surface area contributed by atoms with E-state index < -0.39 is 5.97 Å². The van der Waals surface area contributed by atoms with E-state index in [2.05, 4.69) is 18.2 Å². The van der Waals surface area contributed by atoms with Gasteiger partial charge in [0.05, 0.1) is 35.0 Å². The lowest BCUT2D eigenvalue weighted by atomic mass is 9.97. The van der Waals surface area contributed by atoms with Gasteiger partial charge >= 0.3 is 5.97 Å². The van der Waals surface area contributed by atoms with E-state index in [1.54, 1.807) is 6.07 Å². The summed E-state index contributed by atoms with van der Waals surface area (Å²) in [6.07, 6.45) is 0.615. The number of hydrogen-bond donors (Lipinski definition) is 0. The highest BCUT2D eigenvalue weighted by Crippen LogP contribution is 2.38. The lowest BCUT2D eigenvalue weighted by Crippen LogP contribution is -2.20. The molecule has 5 rings (SSSR count). The van der Waals surface area contributed by atoms with E-state index in [-0.39, 0.29) is 0 Å². The maximum absolute atomic E-state index is 12.6. The second-order valence-electron chi connectivity index (χ2n) is 8.40. The molecule has 0 radical (unpaired) electrons. The van der Waals surface area contributed by atoms with Gasteiger partial charge in [-0.05, 0) is 42.3 Å². The molecule has 2 heterocycles. The summed E-state index contributed by atoms with van der Waals surface area (Å²) in [4.78, 5) is 19.5. The van der Waals surface area contributed by atoms with Gasteiger partial charge in [-0.3, -0.25) is 4.40 Å². The Morgan fingerprint density at radius 2 is 1.71 bits per heavy atom. The van der Waals surface area contributed by atoms with Crippen LogP contribution in [-0.2, 0) is 11.2 Å². The molecule has 6 nitrogen and oxygen atoms in total. The lowest BCUT2D eigenvalue weighted by molar-refractivity contribution is 0.0601. The average molecular weight is 461 g/mol. The number of carbonyl (C=O) groups excluding carboxylic acids is 1. The molecule has 2 aromatic heterocycles. The van der Waals surface area contributed by atoms with Gasteiger partial charge in [0.1, 0.15) is 11.9 Å². The third-order valence-corrected chi connectivity index (χ3v) is 6.42. The van der Waals surface area contributed by atoms with Crippen molar-refractivity contribution >= 4 is 34.2 Å². The molecule has 6 heteroatoms. The van der Waals surface area contributed by atoms with Crippen molar-refractivity contribution in [2.75, 3.05) is 19.1 Å². The first-order valence-electron chi connectivity index (χ1n) is 11.3. The molecular weight excluding hydrogens is 436 g/mol. The molecule has 5 aromatic rings. The number of pyridine rings is 1. The van der Waals surface area contributed by atoms with E-state index in [1.165, 1.54) is 7.11 Å². The van der Waals surface area contributed by atoms with Crippen molar-refractivity contribution in [3.05, 3.63) is 107 Å². The minimum atomic E-state index is -0.408. The Balaban J connectivity index is 1.89. The first-order chi connectivity index (χ1) is 17.0. The average Bonchev–Trinajstić information content (AvgIpc) is 3.28. The van der Waals surface area contributed by atoms with Crippen LogP contribution in [-0.4, -0.2) is 29.5 Å². The predicted octanol–water partition coefficient (Wildman–Crippen LogP) is 5.81. The molecule has 35 heavy (non-hydrogen) atoms. The van der Waals surface area contributed by atoms with Gasteiger partial charge in [-0.15, -0.1) is 0 Å². The topological polar surface area (TPSA) is 70.6 Å². The van der Waals surface area contributed by atoms with Crippen LogP contribution in [0, 0.1) is 18.3 Å². The number of aromatic nitrogens is 2. The number of carbonyl (C=O) groups is 1. The molecule has 0 fully saturated rings. The number of esters is 1. The Morgan fingerprint density at radius 3 is 2.46 bits per heavy atom. The fraction of sp³-hybridized carbons (Fsp3) is 0.138. The molecule has 0 atom stereocenters. The van der Waals surface area contributed by atoms with Crippen LogP contribution in [0.1, 0.15) is 32.6 Å². The first kappa shape index (κ1) is 22.2. The highest BCUT2D eigenvalue weighted by molar-refractivity contribution is 5.97. The van der Waals surface area contributed by atoms with Crippen molar-refractivity contribution < 1.29 is 9.53 Å². The smallest absolute Gasteiger partial charge is 0.339 e. The molecule has 0 amide bonds. The SMILES string of the molecule is COC(=O)c1ccccc1N(C)c1c(Cc2ccccc2)c(C)c(C#N)c2nc3ccccc3n12. The molecule has 0 saturated heterocycles. The molecule has 0 unspecified atom stereocenters. The quantitative estimate of drug-likeness (QED) is 0.310. The van der Waals surface area contributed by atoms with Crippen LogP contribution in [0.5, 0.6) is 0 Å². The summed E-state index contributed by atoms with van der Waals surface area (Å²) in [5.74, 6) is 0.444. The standard InChI is InChI=1S/C29H24N4O2/c1-19-22(17-20-11-5-4-6-12-20)28(32(2)25-15-9-7-13-21(25)29(34)35-3)33-26-16-10-8-14-24(26)31-27(33)23(19)18-30/h4-16H,17H2,1-3H3. The van der Waals surface area contributed by atoms with Crippen LogP contribution in [0.25, 0.3) is 16.7 Å². The number of imidazole rings is 1. The maximum Gasteiger partial charge on any atom is 0.339 e. The van der Waals surface area contributed by atoms with Gasteiger partial charge in [0.15, 0.2) is 5.65 Å². The van der Waals surface area contributed by atoms with Gasteiger partial charge in [0.2, 0.25) is 0 Å². The molecule has 172 valence electrons. The lowest BCUT2D eigenvalue weighted by Gasteiger charge is -2.27. The van der Waals surface area contributed by atoms with Crippen LogP contribution < -0.4 is 4.90 Å². The number of ether oxygens (including phenoxy) is 1. The number of nitrogens with zero attached hydrogens (tertiary/aromatic N) is 4. The second-order valence-corrected chi connectivity index (χ2v) is 8.40. The Labute approximate surface area is 203 Å². The van der Waals surface area contributed by atoms with Gasteiger partial charge in [-0.2, -0.15) is 5.26 Å². The zero-order valence-electron chi connectivity index (χ0n) is 19.8. The van der Waals surface area contributed by atoms with Gasteiger partial charge in [-0.1, -0.05) is 54.6 Å². The van der Waals surface area contributed by atoms with Crippen LogP contribution in [0.15, 0.2) is 78.9 Å². The second kappa shape index (κ2) is 8.96. The number of methoxy groups -OCH3 is 1. The summed E-state index contributed by atoms with van der Waals surface area (Å²) < 4.78 is 7.10. The van der Waals surface area contributed by atoms with Crippen molar-refractivity contribution in [1.29, 1.82) is 5.26 Å². The molecule has 0 aliphatic carbocycles. The predicted molar refractivity (Wildman–Crippen MR) is 137 cm³/mol. The van der Waals surface area contributed by atoms with E-state index in [4.69, 9.17) is 9.72 Å². The molecule has 3 aromatic carbocycles. The zero-order chi connectivity index (χ0) is 24.5. The summed E-state index contributed by atoms with van der Waals surface area (Å²) in [5, 5.41) is 10.1. The van der Waals surface area contributed by atoms with Gasteiger partial charge < -0.3 is 9.64 Å². The number of anilines is 2. The van der Waals surface area contributed by atoms with E-state index >= 15 is 0 Å². The monoisotopic (exact) mass is 460 g/mol. The van der Waals surface area contributed by atoms with Crippen LogP contribution >= 0.6 is 0 Å². The third-order valence-electron chi connectivity index (χ3n) is 6.42. The fourth-order valence-electron chi connectivity index (χ4n) is 4.69.